The van der Waals surface area contributed by atoms with E-state index in [9.17, 15) is 9.59 Å². The number of hydrogen-bond acceptors (Lipinski definition) is 7. The number of nitrogens with zero attached hydrogens (tertiary/aromatic N) is 3. The third-order valence-corrected chi connectivity index (χ3v) is 5.34. The van der Waals surface area contributed by atoms with Gasteiger partial charge in [0.1, 0.15) is 5.75 Å². The Labute approximate surface area is 183 Å². The Balaban J connectivity index is 1.64. The third-order valence-electron chi connectivity index (χ3n) is 4.50. The highest BCUT2D eigenvalue weighted by molar-refractivity contribution is 7.14. The monoisotopic (exact) mass is 433 g/mol. The van der Waals surface area contributed by atoms with Crippen LogP contribution in [0.2, 0.25) is 0 Å². The van der Waals surface area contributed by atoms with E-state index in [1.165, 1.54) is 23.2 Å². The quantitative estimate of drug-likeness (QED) is 0.437. The van der Waals surface area contributed by atoms with E-state index in [2.05, 4.69) is 9.98 Å². The minimum Gasteiger partial charge on any atom is -0.497 e. The molecule has 156 valence electrons. The highest BCUT2D eigenvalue weighted by atomic mass is 32.1. The lowest BCUT2D eigenvalue weighted by molar-refractivity contribution is -0.130. The van der Waals surface area contributed by atoms with E-state index in [0.717, 1.165) is 11.1 Å². The van der Waals surface area contributed by atoms with Crippen LogP contribution in [0, 0.1) is 6.92 Å². The number of anilines is 2. The molecule has 2 heterocycles. The molecular formula is C23H19N3O4S. The molecule has 31 heavy (non-hydrogen) atoms. The fourth-order valence-corrected chi connectivity index (χ4v) is 3.92. The van der Waals surface area contributed by atoms with Gasteiger partial charge < -0.3 is 9.47 Å². The summed E-state index contributed by atoms with van der Waals surface area (Å²) in [6, 6.07) is 14.7. The number of ether oxygens (including phenoxy) is 2. The molecule has 0 spiro atoms. The molecule has 0 N–H and O–H groups in total. The zero-order valence-corrected chi connectivity index (χ0v) is 18.0. The standard InChI is InChI=1S/C23H19N3O4S/c1-14-6-4-7-16(10-14)21-25-20(22(28)30-21)11-17-13-31-23(24-17)26(15(2)27)18-8-5-9-19(12-18)29-3/h4-13H,1-3H3. The number of aromatic nitrogens is 1. The molecule has 1 aromatic heterocycles. The maximum absolute atomic E-state index is 12.3. The zero-order valence-electron chi connectivity index (χ0n) is 17.2. The van der Waals surface area contributed by atoms with Crippen molar-refractivity contribution in [2.24, 2.45) is 4.99 Å². The van der Waals surface area contributed by atoms with Crippen molar-refractivity contribution in [3.8, 4) is 5.75 Å². The molecular weight excluding hydrogens is 414 g/mol. The molecule has 1 aliphatic rings. The van der Waals surface area contributed by atoms with Gasteiger partial charge in [-0.25, -0.2) is 14.8 Å². The average molecular weight is 433 g/mol. The van der Waals surface area contributed by atoms with Gasteiger partial charge in [0, 0.05) is 23.9 Å². The number of thiazole rings is 1. The molecule has 4 rings (SSSR count). The van der Waals surface area contributed by atoms with Crippen molar-refractivity contribution >= 4 is 46.0 Å². The summed E-state index contributed by atoms with van der Waals surface area (Å²) in [6.45, 7) is 3.42. The number of benzene rings is 2. The first-order valence-corrected chi connectivity index (χ1v) is 10.3. The molecule has 0 unspecified atom stereocenters. The summed E-state index contributed by atoms with van der Waals surface area (Å²) in [5.74, 6) is 0.163. The molecule has 7 nitrogen and oxygen atoms in total. The van der Waals surface area contributed by atoms with Crippen molar-refractivity contribution in [1.29, 1.82) is 0 Å². The van der Waals surface area contributed by atoms with Crippen LogP contribution >= 0.6 is 11.3 Å². The van der Waals surface area contributed by atoms with E-state index >= 15 is 0 Å². The van der Waals surface area contributed by atoms with Gasteiger partial charge in [0.2, 0.25) is 11.8 Å². The second kappa shape index (κ2) is 8.53. The van der Waals surface area contributed by atoms with Crippen LogP contribution in [0.4, 0.5) is 10.8 Å². The summed E-state index contributed by atoms with van der Waals surface area (Å²) < 4.78 is 10.6. The Kier molecular flexibility index (Phi) is 5.64. The number of methoxy groups -OCH3 is 1. The average Bonchev–Trinajstić information content (AvgIpc) is 3.35. The maximum atomic E-state index is 12.3. The molecule has 0 atom stereocenters. The van der Waals surface area contributed by atoms with Crippen LogP contribution in [0.15, 0.2) is 64.6 Å². The lowest BCUT2D eigenvalue weighted by Gasteiger charge is -2.18. The Bertz CT molecular complexity index is 1230. The normalized spacial score (nSPS) is 14.4. The van der Waals surface area contributed by atoms with E-state index in [-0.39, 0.29) is 17.5 Å². The van der Waals surface area contributed by atoms with Crippen molar-refractivity contribution in [2.75, 3.05) is 12.0 Å². The largest absolute Gasteiger partial charge is 0.497 e. The van der Waals surface area contributed by atoms with Crippen LogP contribution in [0.1, 0.15) is 23.7 Å². The smallest absolute Gasteiger partial charge is 0.363 e. The first-order chi connectivity index (χ1) is 14.9. The molecule has 1 amide bonds. The van der Waals surface area contributed by atoms with Gasteiger partial charge in [0.05, 0.1) is 18.5 Å². The van der Waals surface area contributed by atoms with Crippen molar-refractivity contribution in [3.05, 3.63) is 76.4 Å². The number of carbonyl (C=O) groups is 2. The summed E-state index contributed by atoms with van der Waals surface area (Å²) in [5, 5.41) is 2.23. The van der Waals surface area contributed by atoms with Crippen molar-refractivity contribution < 1.29 is 19.1 Å². The van der Waals surface area contributed by atoms with Gasteiger partial charge in [0.15, 0.2) is 10.8 Å². The lowest BCUT2D eigenvalue weighted by atomic mass is 10.1. The molecule has 0 saturated carbocycles. The molecule has 0 aliphatic carbocycles. The van der Waals surface area contributed by atoms with Gasteiger partial charge in [0.25, 0.3) is 0 Å². The number of amides is 1. The van der Waals surface area contributed by atoms with Crippen LogP contribution in [-0.2, 0) is 14.3 Å². The molecule has 1 aliphatic heterocycles. The number of rotatable bonds is 5. The minimum absolute atomic E-state index is 0.157. The van der Waals surface area contributed by atoms with E-state index in [4.69, 9.17) is 9.47 Å². The number of esters is 1. The Morgan fingerprint density at radius 1 is 1.19 bits per heavy atom. The second-order valence-electron chi connectivity index (χ2n) is 6.82. The van der Waals surface area contributed by atoms with Crippen LogP contribution in [-0.4, -0.2) is 29.9 Å². The van der Waals surface area contributed by atoms with Gasteiger partial charge in [-0.3, -0.25) is 9.69 Å². The van der Waals surface area contributed by atoms with Gasteiger partial charge in [-0.2, -0.15) is 0 Å². The number of aliphatic imine (C=N–C) groups is 1. The Morgan fingerprint density at radius 2 is 2.00 bits per heavy atom. The number of carbonyl (C=O) groups excluding carboxylic acids is 2. The van der Waals surface area contributed by atoms with E-state index in [1.54, 1.807) is 42.8 Å². The van der Waals surface area contributed by atoms with Gasteiger partial charge in [-0.05, 0) is 37.3 Å². The van der Waals surface area contributed by atoms with Gasteiger partial charge in [-0.15, -0.1) is 11.3 Å². The summed E-state index contributed by atoms with van der Waals surface area (Å²) >= 11 is 1.29. The first kappa shape index (κ1) is 20.5. The molecule has 2 aromatic carbocycles. The SMILES string of the molecule is COc1cccc(N(C(C)=O)c2nc(C=C3N=C(c4cccc(C)c4)OC3=O)cs2)c1. The summed E-state index contributed by atoms with van der Waals surface area (Å²) in [5.41, 5.74) is 3.08. The molecule has 3 aromatic rings. The fraction of sp³-hybridized carbons (Fsp3) is 0.130. The minimum atomic E-state index is -0.540. The molecule has 0 saturated heterocycles. The van der Waals surface area contributed by atoms with Crippen molar-refractivity contribution in [1.82, 2.24) is 4.98 Å². The molecule has 0 fully saturated rings. The predicted octanol–water partition coefficient (Wildman–Crippen LogP) is 4.49. The van der Waals surface area contributed by atoms with Crippen LogP contribution in [0.3, 0.4) is 0 Å². The first-order valence-electron chi connectivity index (χ1n) is 9.44. The Hall–Kier alpha value is -3.78. The van der Waals surface area contributed by atoms with E-state index in [1.807, 2.05) is 31.2 Å². The number of hydrogen-bond donors (Lipinski definition) is 0. The van der Waals surface area contributed by atoms with Gasteiger partial charge in [-0.1, -0.05) is 23.8 Å². The summed E-state index contributed by atoms with van der Waals surface area (Å²) in [7, 11) is 1.57. The lowest BCUT2D eigenvalue weighted by Crippen LogP contribution is -2.22. The van der Waals surface area contributed by atoms with Crippen LogP contribution < -0.4 is 9.64 Å². The fourth-order valence-electron chi connectivity index (χ4n) is 3.07. The van der Waals surface area contributed by atoms with E-state index < -0.39 is 5.97 Å². The highest BCUT2D eigenvalue weighted by Crippen LogP contribution is 2.32. The van der Waals surface area contributed by atoms with Gasteiger partial charge >= 0.3 is 5.97 Å². The number of aryl methyl sites for hydroxylation is 1. The number of cyclic esters (lactones) is 1. The molecule has 0 bridgehead atoms. The summed E-state index contributed by atoms with van der Waals surface area (Å²) in [4.78, 5) is 34.9. The van der Waals surface area contributed by atoms with E-state index in [0.29, 0.717) is 22.3 Å². The Morgan fingerprint density at radius 3 is 2.74 bits per heavy atom. The van der Waals surface area contributed by atoms with Crippen molar-refractivity contribution in [2.45, 2.75) is 13.8 Å². The predicted molar refractivity (Wildman–Crippen MR) is 120 cm³/mol. The second-order valence-corrected chi connectivity index (χ2v) is 7.65. The molecule has 0 radical (unpaired) electrons. The third kappa shape index (κ3) is 4.39. The zero-order chi connectivity index (χ0) is 22.0. The maximum Gasteiger partial charge on any atom is 0.363 e. The van der Waals surface area contributed by atoms with Crippen LogP contribution in [0.25, 0.3) is 6.08 Å². The highest BCUT2D eigenvalue weighted by Gasteiger charge is 2.25. The summed E-state index contributed by atoms with van der Waals surface area (Å²) in [6.07, 6.45) is 1.55. The topological polar surface area (TPSA) is 81.1 Å². The molecule has 8 heteroatoms. The van der Waals surface area contributed by atoms with Crippen LogP contribution in [0.5, 0.6) is 5.75 Å². The van der Waals surface area contributed by atoms with Crippen molar-refractivity contribution in [3.63, 3.8) is 0 Å².